The summed E-state index contributed by atoms with van der Waals surface area (Å²) in [7, 11) is 0. The molecule has 3 atom stereocenters. The first-order valence-corrected chi connectivity index (χ1v) is 6.15. The van der Waals surface area contributed by atoms with Crippen LogP contribution < -0.4 is 5.43 Å². The lowest BCUT2D eigenvalue weighted by Crippen LogP contribution is -2.40. The normalized spacial score (nSPS) is 15.1. The summed E-state index contributed by atoms with van der Waals surface area (Å²) >= 11 is 0. The van der Waals surface area contributed by atoms with Crippen LogP contribution in [0.25, 0.3) is 0 Å². The number of nitro groups is 2. The zero-order chi connectivity index (χ0) is 17.6. The van der Waals surface area contributed by atoms with Gasteiger partial charge in [-0.25, -0.2) is 0 Å². The highest BCUT2D eigenvalue weighted by Crippen LogP contribution is 2.28. The van der Waals surface area contributed by atoms with E-state index in [2.05, 4.69) is 10.5 Å². The van der Waals surface area contributed by atoms with Crippen molar-refractivity contribution >= 4 is 23.3 Å². The molecule has 0 radical (unpaired) electrons. The van der Waals surface area contributed by atoms with E-state index in [0.717, 1.165) is 24.4 Å². The number of nitrogens with one attached hydrogen (secondary N) is 1. The number of nitro benzene ring substituents is 2. The van der Waals surface area contributed by atoms with Gasteiger partial charge in [-0.3, -0.25) is 25.7 Å². The molecule has 1 aromatic carbocycles. The van der Waals surface area contributed by atoms with E-state index in [4.69, 9.17) is 10.2 Å². The molecule has 0 aliphatic heterocycles. The number of rotatable bonds is 8. The van der Waals surface area contributed by atoms with Crippen molar-refractivity contribution in [3.8, 4) is 0 Å². The zero-order valence-electron chi connectivity index (χ0n) is 11.5. The van der Waals surface area contributed by atoms with Crippen LogP contribution in [0.5, 0.6) is 0 Å². The molecule has 0 aromatic heterocycles. The smallest absolute Gasteiger partial charge is 0.301 e. The molecule has 1 aromatic rings. The number of hydrogen-bond donors (Lipinski definition) is 5. The molecule has 0 bridgehead atoms. The van der Waals surface area contributed by atoms with Crippen molar-refractivity contribution in [2.45, 2.75) is 18.3 Å². The van der Waals surface area contributed by atoms with Crippen LogP contribution in [-0.4, -0.2) is 61.4 Å². The molecule has 0 unspecified atom stereocenters. The van der Waals surface area contributed by atoms with Crippen LogP contribution in [0.4, 0.5) is 17.1 Å². The number of anilines is 1. The van der Waals surface area contributed by atoms with Crippen molar-refractivity contribution < 1.29 is 30.3 Å². The summed E-state index contributed by atoms with van der Waals surface area (Å²) in [5.74, 6) is 0. The van der Waals surface area contributed by atoms with Crippen LogP contribution in [-0.2, 0) is 0 Å². The largest absolute Gasteiger partial charge is 0.394 e. The van der Waals surface area contributed by atoms with Gasteiger partial charge in [0, 0.05) is 6.07 Å². The van der Waals surface area contributed by atoms with Gasteiger partial charge in [0.25, 0.3) is 5.69 Å². The van der Waals surface area contributed by atoms with Crippen molar-refractivity contribution in [1.82, 2.24) is 0 Å². The van der Waals surface area contributed by atoms with Crippen LogP contribution in [0.15, 0.2) is 23.3 Å². The van der Waals surface area contributed by atoms with Gasteiger partial charge in [0.05, 0.1) is 28.7 Å². The minimum atomic E-state index is -1.71. The Balaban J connectivity index is 2.87. The summed E-state index contributed by atoms with van der Waals surface area (Å²) in [5.41, 5.74) is 0.926. The van der Waals surface area contributed by atoms with Crippen molar-refractivity contribution in [3.05, 3.63) is 38.4 Å². The molecule has 126 valence electrons. The first-order valence-electron chi connectivity index (χ1n) is 6.15. The van der Waals surface area contributed by atoms with Crippen LogP contribution in [0, 0.1) is 20.2 Å². The highest BCUT2D eigenvalue weighted by Gasteiger charge is 2.23. The van der Waals surface area contributed by atoms with Crippen molar-refractivity contribution in [2.24, 2.45) is 5.10 Å². The number of benzene rings is 1. The van der Waals surface area contributed by atoms with Gasteiger partial charge in [-0.2, -0.15) is 5.10 Å². The van der Waals surface area contributed by atoms with Gasteiger partial charge in [0.2, 0.25) is 0 Å². The monoisotopic (exact) mass is 330 g/mol. The summed E-state index contributed by atoms with van der Waals surface area (Å²) in [5, 5.41) is 61.5. The molecule has 0 saturated heterocycles. The van der Waals surface area contributed by atoms with Crippen molar-refractivity contribution in [1.29, 1.82) is 0 Å². The second-order valence-corrected chi connectivity index (χ2v) is 4.34. The second kappa shape index (κ2) is 8.09. The molecule has 0 saturated carbocycles. The SMILES string of the molecule is O=[N+]([O-])c1ccc(N/N=C/[C@H](O)[C@@H](O)[C@H](O)CO)c([N+](=O)[O-])c1. The Morgan fingerprint density at radius 1 is 1.22 bits per heavy atom. The highest BCUT2D eigenvalue weighted by atomic mass is 16.6. The topological polar surface area (TPSA) is 192 Å². The maximum Gasteiger partial charge on any atom is 0.301 e. The van der Waals surface area contributed by atoms with E-state index in [-0.39, 0.29) is 5.69 Å². The van der Waals surface area contributed by atoms with Gasteiger partial charge in [-0.15, -0.1) is 0 Å². The third-order valence-corrected chi connectivity index (χ3v) is 2.73. The van der Waals surface area contributed by atoms with Gasteiger partial charge in [0.15, 0.2) is 0 Å². The van der Waals surface area contributed by atoms with E-state index in [1.807, 2.05) is 0 Å². The van der Waals surface area contributed by atoms with E-state index in [0.29, 0.717) is 0 Å². The fourth-order valence-electron chi connectivity index (χ4n) is 1.49. The maximum absolute atomic E-state index is 10.9. The first-order chi connectivity index (χ1) is 10.8. The zero-order valence-corrected chi connectivity index (χ0v) is 11.5. The molecule has 5 N–H and O–H groups in total. The van der Waals surface area contributed by atoms with E-state index in [1.54, 1.807) is 0 Å². The van der Waals surface area contributed by atoms with Crippen LogP contribution in [0.1, 0.15) is 0 Å². The Labute approximate surface area is 128 Å². The third-order valence-electron chi connectivity index (χ3n) is 2.73. The van der Waals surface area contributed by atoms with Crippen molar-refractivity contribution in [3.63, 3.8) is 0 Å². The van der Waals surface area contributed by atoms with E-state index in [9.17, 15) is 30.4 Å². The highest BCUT2D eigenvalue weighted by molar-refractivity contribution is 5.69. The minimum Gasteiger partial charge on any atom is -0.394 e. The lowest BCUT2D eigenvalue weighted by Gasteiger charge is -2.18. The lowest BCUT2D eigenvalue weighted by molar-refractivity contribution is -0.393. The Morgan fingerprint density at radius 2 is 1.87 bits per heavy atom. The van der Waals surface area contributed by atoms with Gasteiger partial charge in [-0.05, 0) is 6.07 Å². The predicted octanol–water partition coefficient (Wildman–Crippen LogP) is -1.02. The molecule has 0 aliphatic carbocycles. The molecule has 0 spiro atoms. The average molecular weight is 330 g/mol. The van der Waals surface area contributed by atoms with Gasteiger partial charge >= 0.3 is 5.69 Å². The number of nitrogens with zero attached hydrogens (tertiary/aromatic N) is 3. The molecular weight excluding hydrogens is 316 g/mol. The molecule has 12 heteroatoms. The quantitative estimate of drug-likeness (QED) is 0.225. The molecule has 0 amide bonds. The fraction of sp³-hybridized carbons (Fsp3) is 0.364. The van der Waals surface area contributed by atoms with E-state index in [1.165, 1.54) is 0 Å². The molecular formula is C11H14N4O8. The Bertz CT molecular complexity index is 608. The molecule has 23 heavy (non-hydrogen) atoms. The minimum absolute atomic E-state index is 0.179. The number of aliphatic hydroxyl groups is 4. The molecule has 0 fully saturated rings. The number of aliphatic hydroxyl groups excluding tert-OH is 4. The Kier molecular flexibility index (Phi) is 6.47. The van der Waals surface area contributed by atoms with Crippen LogP contribution in [0.2, 0.25) is 0 Å². The van der Waals surface area contributed by atoms with Crippen LogP contribution >= 0.6 is 0 Å². The fourth-order valence-corrected chi connectivity index (χ4v) is 1.49. The van der Waals surface area contributed by atoms with Crippen molar-refractivity contribution in [2.75, 3.05) is 12.0 Å². The van der Waals surface area contributed by atoms with E-state index < -0.39 is 46.1 Å². The summed E-state index contributed by atoms with van der Waals surface area (Å²) in [6.45, 7) is -0.784. The Hall–Kier alpha value is -2.67. The molecule has 0 heterocycles. The summed E-state index contributed by atoms with van der Waals surface area (Å²) in [6, 6.07) is 2.81. The lowest BCUT2D eigenvalue weighted by atomic mass is 10.1. The number of hydrogen-bond acceptors (Lipinski definition) is 10. The van der Waals surface area contributed by atoms with Gasteiger partial charge in [-0.1, -0.05) is 0 Å². The third kappa shape index (κ3) is 4.93. The standard InChI is InChI=1S/C11H14N4O8/c16-5-10(18)11(19)9(17)4-12-13-7-2-1-6(14(20)21)3-8(7)15(22)23/h1-4,9-11,13,16-19H,5H2/b12-4+/t9-,10+,11+/m0/s1. The van der Waals surface area contributed by atoms with E-state index >= 15 is 0 Å². The molecule has 12 nitrogen and oxygen atoms in total. The number of non-ortho nitro benzene ring substituents is 1. The predicted molar refractivity (Wildman–Crippen MR) is 77.0 cm³/mol. The average Bonchev–Trinajstić information content (AvgIpc) is 2.52. The van der Waals surface area contributed by atoms with Gasteiger partial charge < -0.3 is 20.4 Å². The molecule has 1 rings (SSSR count). The Morgan fingerprint density at radius 3 is 2.39 bits per heavy atom. The summed E-state index contributed by atoms with van der Waals surface area (Å²) < 4.78 is 0. The van der Waals surface area contributed by atoms with Gasteiger partial charge in [0.1, 0.15) is 24.0 Å². The summed E-state index contributed by atoms with van der Waals surface area (Å²) in [6.07, 6.45) is -4.21. The first kappa shape index (κ1) is 18.4. The van der Waals surface area contributed by atoms with Crippen LogP contribution in [0.3, 0.4) is 0 Å². The maximum atomic E-state index is 10.9. The second-order valence-electron chi connectivity index (χ2n) is 4.34. The summed E-state index contributed by atoms with van der Waals surface area (Å²) in [4.78, 5) is 19.8. The number of hydrazone groups is 1. The molecule has 0 aliphatic rings.